The second-order valence-corrected chi connectivity index (χ2v) is 9.48. The van der Waals surface area contributed by atoms with Crippen LogP contribution in [0.1, 0.15) is 50.7 Å². The largest absolute Gasteiger partial charge is 0.472 e. The molecule has 1 aromatic rings. The molecule has 6 rings (SSSR count). The summed E-state index contributed by atoms with van der Waals surface area (Å²) in [5, 5.41) is 0. The lowest BCUT2D eigenvalue weighted by Gasteiger charge is -2.66. The van der Waals surface area contributed by atoms with Crippen LogP contribution >= 0.6 is 0 Å². The fraction of sp³-hybridized carbons (Fsp3) is 0.636. The number of carbonyl (C=O) groups excluding carboxylic acids is 4. The Morgan fingerprint density at radius 1 is 1.13 bits per heavy atom. The maximum atomic E-state index is 13.5. The highest BCUT2D eigenvalue weighted by Gasteiger charge is 2.81. The Bertz CT molecular complexity index is 999. The van der Waals surface area contributed by atoms with Gasteiger partial charge in [-0.05, 0) is 31.2 Å². The third kappa shape index (κ3) is 2.12. The summed E-state index contributed by atoms with van der Waals surface area (Å²) in [5.41, 5.74) is -3.00. The minimum Gasteiger partial charge on any atom is -0.472 e. The lowest BCUT2D eigenvalue weighted by molar-refractivity contribution is -0.293. The molecule has 1 spiro atoms. The van der Waals surface area contributed by atoms with Crippen LogP contribution in [0.3, 0.4) is 0 Å². The number of hydrogen-bond donors (Lipinski definition) is 0. The van der Waals surface area contributed by atoms with Crippen molar-refractivity contribution in [2.75, 3.05) is 6.61 Å². The maximum absolute atomic E-state index is 13.5. The highest BCUT2D eigenvalue weighted by atomic mass is 16.6. The number of fused-ring (bicyclic) bond motifs is 2. The topological polar surface area (TPSA) is 118 Å². The van der Waals surface area contributed by atoms with E-state index in [-0.39, 0.29) is 31.5 Å². The highest BCUT2D eigenvalue weighted by molar-refractivity contribution is 5.91. The first kappa shape index (κ1) is 18.9. The van der Waals surface area contributed by atoms with Crippen LogP contribution in [0, 0.1) is 22.7 Å². The monoisotopic (exact) mass is 430 g/mol. The quantitative estimate of drug-likeness (QED) is 0.511. The van der Waals surface area contributed by atoms with E-state index in [1.165, 1.54) is 19.5 Å². The van der Waals surface area contributed by atoms with Crippen molar-refractivity contribution in [3.05, 3.63) is 24.2 Å². The summed E-state index contributed by atoms with van der Waals surface area (Å²) in [4.78, 5) is 51.6. The first-order valence-electron chi connectivity index (χ1n) is 10.6. The Morgan fingerprint density at radius 2 is 1.97 bits per heavy atom. The van der Waals surface area contributed by atoms with Crippen molar-refractivity contribution in [1.29, 1.82) is 0 Å². The number of furan rings is 1. The van der Waals surface area contributed by atoms with Gasteiger partial charge in [-0.15, -0.1) is 0 Å². The Balaban J connectivity index is 1.55. The number of ether oxygens (including phenoxy) is 4. The van der Waals surface area contributed by atoms with E-state index in [2.05, 4.69) is 0 Å². The Labute approximate surface area is 177 Å². The minimum absolute atomic E-state index is 0.0807. The van der Waals surface area contributed by atoms with Crippen LogP contribution in [0.5, 0.6) is 0 Å². The molecule has 0 N–H and O–H groups in total. The molecule has 1 aromatic heterocycles. The summed E-state index contributed by atoms with van der Waals surface area (Å²) in [6.45, 7) is 1.18. The SMILES string of the molecule is CC(=O)O[C@@]12CC[C@@]34C(=O)OC[C@]1(C[C@@H](c1ccoc1)OC2=O)[C@@H]3CC1C[C@@H]4C(=O)O1. The van der Waals surface area contributed by atoms with E-state index in [4.69, 9.17) is 23.4 Å². The first-order valence-corrected chi connectivity index (χ1v) is 10.6. The van der Waals surface area contributed by atoms with Gasteiger partial charge >= 0.3 is 23.9 Å². The first-order chi connectivity index (χ1) is 14.8. The Hall–Kier alpha value is -2.84. The maximum Gasteiger partial charge on any atom is 0.351 e. The van der Waals surface area contributed by atoms with Gasteiger partial charge in [-0.25, -0.2) is 4.79 Å². The van der Waals surface area contributed by atoms with E-state index in [9.17, 15) is 19.2 Å². The van der Waals surface area contributed by atoms with Crippen LogP contribution in [-0.4, -0.2) is 42.2 Å². The van der Waals surface area contributed by atoms with Gasteiger partial charge in [-0.2, -0.15) is 0 Å². The molecule has 2 aliphatic carbocycles. The number of rotatable bonds is 2. The van der Waals surface area contributed by atoms with Crippen LogP contribution in [0.2, 0.25) is 0 Å². The zero-order valence-corrected chi connectivity index (χ0v) is 17.0. The number of cyclic esters (lactones) is 2. The second-order valence-electron chi connectivity index (χ2n) is 9.48. The summed E-state index contributed by atoms with van der Waals surface area (Å²) in [5.74, 6) is -3.06. The van der Waals surface area contributed by atoms with E-state index in [0.717, 1.165) is 0 Å². The molecule has 2 saturated carbocycles. The fourth-order valence-corrected chi connectivity index (χ4v) is 7.20. The van der Waals surface area contributed by atoms with E-state index in [1.807, 2.05) is 0 Å². The van der Waals surface area contributed by atoms with Crippen molar-refractivity contribution < 1.29 is 42.5 Å². The molecule has 5 fully saturated rings. The van der Waals surface area contributed by atoms with E-state index < -0.39 is 52.3 Å². The van der Waals surface area contributed by atoms with Crippen molar-refractivity contribution in [1.82, 2.24) is 0 Å². The zero-order chi connectivity index (χ0) is 21.6. The minimum atomic E-state index is -1.58. The van der Waals surface area contributed by atoms with Gasteiger partial charge in [0.2, 0.25) is 5.60 Å². The normalized spacial score (nSPS) is 45.0. The molecule has 9 heteroatoms. The van der Waals surface area contributed by atoms with Crippen LogP contribution in [0.4, 0.5) is 0 Å². The van der Waals surface area contributed by atoms with Crippen LogP contribution in [0.15, 0.2) is 23.0 Å². The molecule has 4 heterocycles. The molecule has 0 radical (unpaired) electrons. The average Bonchev–Trinajstić information content (AvgIpc) is 3.36. The summed E-state index contributed by atoms with van der Waals surface area (Å²) in [7, 11) is 0. The lowest BCUT2D eigenvalue weighted by atomic mass is 9.40. The van der Waals surface area contributed by atoms with Gasteiger partial charge < -0.3 is 23.4 Å². The lowest BCUT2D eigenvalue weighted by Crippen LogP contribution is -2.76. The third-order valence-electron chi connectivity index (χ3n) is 8.37. The Kier molecular flexibility index (Phi) is 3.59. The second kappa shape index (κ2) is 5.89. The van der Waals surface area contributed by atoms with Crippen molar-refractivity contribution in [2.45, 2.75) is 56.8 Å². The molecule has 0 aromatic carbocycles. The smallest absolute Gasteiger partial charge is 0.351 e. The highest BCUT2D eigenvalue weighted by Crippen LogP contribution is 2.71. The van der Waals surface area contributed by atoms with E-state index in [0.29, 0.717) is 24.8 Å². The van der Waals surface area contributed by atoms with Crippen molar-refractivity contribution in [2.24, 2.45) is 22.7 Å². The summed E-state index contributed by atoms with van der Waals surface area (Å²) >= 11 is 0. The van der Waals surface area contributed by atoms with Gasteiger partial charge in [-0.3, -0.25) is 14.4 Å². The van der Waals surface area contributed by atoms with Gasteiger partial charge in [0.15, 0.2) is 0 Å². The molecule has 31 heavy (non-hydrogen) atoms. The predicted molar refractivity (Wildman–Crippen MR) is 97.8 cm³/mol. The van der Waals surface area contributed by atoms with Crippen LogP contribution in [-0.2, 0) is 38.1 Å². The summed E-state index contributed by atoms with van der Waals surface area (Å²) < 4.78 is 28.0. The summed E-state index contributed by atoms with van der Waals surface area (Å²) in [6, 6.07) is 1.72. The molecule has 3 saturated heterocycles. The molecule has 9 nitrogen and oxygen atoms in total. The molecular formula is C22H22O9. The number of hydrogen-bond acceptors (Lipinski definition) is 9. The molecule has 0 amide bonds. The van der Waals surface area contributed by atoms with Gasteiger partial charge in [-0.1, -0.05) is 0 Å². The third-order valence-corrected chi connectivity index (χ3v) is 8.37. The molecule has 7 atom stereocenters. The molecule has 164 valence electrons. The van der Waals surface area contributed by atoms with E-state index >= 15 is 0 Å². The van der Waals surface area contributed by atoms with Crippen LogP contribution < -0.4 is 0 Å². The molecule has 3 aliphatic heterocycles. The van der Waals surface area contributed by atoms with E-state index in [1.54, 1.807) is 6.07 Å². The predicted octanol–water partition coefficient (Wildman–Crippen LogP) is 1.84. The zero-order valence-electron chi connectivity index (χ0n) is 17.0. The average molecular weight is 430 g/mol. The van der Waals surface area contributed by atoms with Gasteiger partial charge in [0, 0.05) is 25.3 Å². The Morgan fingerprint density at radius 3 is 2.71 bits per heavy atom. The van der Waals surface area contributed by atoms with Gasteiger partial charge in [0.1, 0.15) is 18.8 Å². The molecule has 1 unspecified atom stereocenters. The summed E-state index contributed by atoms with van der Waals surface area (Å²) in [6.07, 6.45) is 3.52. The fourth-order valence-electron chi connectivity index (χ4n) is 7.20. The van der Waals surface area contributed by atoms with Crippen molar-refractivity contribution in [3.8, 4) is 0 Å². The van der Waals surface area contributed by atoms with Crippen LogP contribution in [0.25, 0.3) is 0 Å². The number of esters is 4. The van der Waals surface area contributed by atoms with Crippen molar-refractivity contribution >= 4 is 23.9 Å². The van der Waals surface area contributed by atoms with Crippen molar-refractivity contribution in [3.63, 3.8) is 0 Å². The molecular weight excluding hydrogens is 408 g/mol. The van der Waals surface area contributed by atoms with Gasteiger partial charge in [0.25, 0.3) is 0 Å². The molecule has 4 bridgehead atoms. The van der Waals surface area contributed by atoms with Gasteiger partial charge in [0.05, 0.1) is 29.3 Å². The molecule has 5 aliphatic rings. The standard InChI is InChI=1S/C22H22O9/c1-11(23)31-22-4-3-21-14-6-13(29-17(14)24)7-16(21)20(22,10-28-18(21)25)8-15(30-19(22)26)12-2-5-27-9-12/h2,5,9,13-16H,3-4,6-8,10H2,1H3/t13?,14-,15+,16+,20-,21+,22-/m1/s1. The number of carbonyl (C=O) groups is 4.